The molecule has 1 aromatic carbocycles. The molecule has 21 heavy (non-hydrogen) atoms. The third-order valence-corrected chi connectivity index (χ3v) is 6.04. The van der Waals surface area contributed by atoms with Gasteiger partial charge in [0.25, 0.3) is 0 Å². The lowest BCUT2D eigenvalue weighted by molar-refractivity contribution is 0.198. The minimum atomic E-state index is -3.20. The molecule has 1 aromatic rings. The van der Waals surface area contributed by atoms with Crippen molar-refractivity contribution >= 4 is 15.5 Å². The Bertz CT molecular complexity index is 522. The topological polar surface area (TPSA) is 67.4 Å². The van der Waals surface area contributed by atoms with Crippen LogP contribution in [0.3, 0.4) is 0 Å². The van der Waals surface area contributed by atoms with Gasteiger partial charge in [-0.05, 0) is 56.6 Å². The molecule has 6 heteroatoms. The summed E-state index contributed by atoms with van der Waals surface area (Å²) in [6.07, 6.45) is 2.31. The molecule has 0 aliphatic carbocycles. The maximum absolute atomic E-state index is 12.5. The van der Waals surface area contributed by atoms with Gasteiger partial charge in [0.2, 0.25) is 0 Å². The Morgan fingerprint density at radius 2 is 1.90 bits per heavy atom. The number of anilines is 1. The molecule has 2 N–H and O–H groups in total. The molecule has 0 radical (unpaired) electrons. The molecule has 118 valence electrons. The maximum atomic E-state index is 12.5. The average Bonchev–Trinajstić information content (AvgIpc) is 2.53. The first-order valence-electron chi connectivity index (χ1n) is 7.42. The summed E-state index contributed by atoms with van der Waals surface area (Å²) in [6, 6.07) is 7.08. The first-order chi connectivity index (χ1) is 10.1. The van der Waals surface area contributed by atoms with Gasteiger partial charge in [0.1, 0.15) is 0 Å². The van der Waals surface area contributed by atoms with Crippen LogP contribution in [0.2, 0.25) is 0 Å². The summed E-state index contributed by atoms with van der Waals surface area (Å²) in [5.41, 5.74) is 0.940. The van der Waals surface area contributed by atoms with E-state index in [4.69, 9.17) is 4.74 Å². The molecule has 2 rings (SSSR count). The second-order valence-corrected chi connectivity index (χ2v) is 7.52. The van der Waals surface area contributed by atoms with Crippen LogP contribution in [0, 0.1) is 0 Å². The summed E-state index contributed by atoms with van der Waals surface area (Å²) in [7, 11) is -1.51. The molecule has 1 heterocycles. The van der Waals surface area contributed by atoms with Gasteiger partial charge < -0.3 is 15.4 Å². The molecule has 5 nitrogen and oxygen atoms in total. The summed E-state index contributed by atoms with van der Waals surface area (Å²) in [4.78, 5) is 0.428. The van der Waals surface area contributed by atoms with Gasteiger partial charge >= 0.3 is 0 Å². The molecule has 0 atom stereocenters. The van der Waals surface area contributed by atoms with Gasteiger partial charge in [-0.15, -0.1) is 0 Å². The lowest BCUT2D eigenvalue weighted by Crippen LogP contribution is -2.35. The molecular weight excluding hydrogens is 288 g/mol. The highest BCUT2D eigenvalue weighted by Crippen LogP contribution is 2.23. The van der Waals surface area contributed by atoms with Crippen molar-refractivity contribution in [3.05, 3.63) is 24.3 Å². The van der Waals surface area contributed by atoms with E-state index in [0.717, 1.165) is 38.3 Å². The fourth-order valence-corrected chi connectivity index (χ4v) is 4.27. The number of nitrogens with one attached hydrogen (secondary N) is 2. The zero-order chi connectivity index (χ0) is 15.1. The van der Waals surface area contributed by atoms with Crippen LogP contribution in [0.25, 0.3) is 0 Å². The smallest absolute Gasteiger partial charge is 0.181 e. The molecule has 1 fully saturated rings. The molecule has 0 aromatic heterocycles. The van der Waals surface area contributed by atoms with Gasteiger partial charge in [-0.3, -0.25) is 0 Å². The summed E-state index contributed by atoms with van der Waals surface area (Å²) in [5, 5.41) is 6.20. The first kappa shape index (κ1) is 16.3. The van der Waals surface area contributed by atoms with Crippen molar-refractivity contribution in [3.8, 4) is 0 Å². The van der Waals surface area contributed by atoms with E-state index in [0.29, 0.717) is 17.7 Å². The number of rotatable bonds is 7. The Morgan fingerprint density at radius 3 is 2.52 bits per heavy atom. The number of methoxy groups -OCH3 is 1. The Morgan fingerprint density at radius 1 is 1.24 bits per heavy atom. The maximum Gasteiger partial charge on any atom is 0.181 e. The summed E-state index contributed by atoms with van der Waals surface area (Å²) >= 11 is 0. The normalized spacial score (nSPS) is 16.8. The van der Waals surface area contributed by atoms with Crippen molar-refractivity contribution in [1.29, 1.82) is 0 Å². The number of sulfone groups is 1. The molecule has 1 saturated heterocycles. The Labute approximate surface area is 127 Å². The molecule has 0 unspecified atom stereocenters. The zero-order valence-electron chi connectivity index (χ0n) is 12.5. The van der Waals surface area contributed by atoms with Crippen molar-refractivity contribution in [1.82, 2.24) is 5.32 Å². The average molecular weight is 312 g/mol. The van der Waals surface area contributed by atoms with Gasteiger partial charge in [0.05, 0.1) is 10.1 Å². The quantitative estimate of drug-likeness (QED) is 0.750. The lowest BCUT2D eigenvalue weighted by atomic mass is 10.2. The van der Waals surface area contributed by atoms with Crippen LogP contribution in [-0.2, 0) is 14.6 Å². The van der Waals surface area contributed by atoms with Crippen LogP contribution < -0.4 is 10.6 Å². The summed E-state index contributed by atoms with van der Waals surface area (Å²) < 4.78 is 30.1. The van der Waals surface area contributed by atoms with Crippen molar-refractivity contribution in [2.45, 2.75) is 29.4 Å². The Balaban J connectivity index is 1.97. The van der Waals surface area contributed by atoms with Gasteiger partial charge in [-0.25, -0.2) is 8.42 Å². The molecule has 1 aliphatic rings. The van der Waals surface area contributed by atoms with Crippen molar-refractivity contribution in [2.75, 3.05) is 38.7 Å². The first-order valence-corrected chi connectivity index (χ1v) is 8.96. The molecular formula is C15H24N2O3S. The van der Waals surface area contributed by atoms with E-state index < -0.39 is 9.84 Å². The Kier molecular flexibility index (Phi) is 6.02. The highest BCUT2D eigenvalue weighted by atomic mass is 32.2. The summed E-state index contributed by atoms with van der Waals surface area (Å²) in [5.74, 6) is 0. The van der Waals surface area contributed by atoms with E-state index in [1.807, 2.05) is 12.1 Å². The number of ether oxygens (including phenoxy) is 1. The van der Waals surface area contributed by atoms with Gasteiger partial charge in [0, 0.05) is 25.9 Å². The van der Waals surface area contributed by atoms with Crippen LogP contribution in [0.5, 0.6) is 0 Å². The largest absolute Gasteiger partial charge is 0.385 e. The van der Waals surface area contributed by atoms with E-state index in [9.17, 15) is 8.42 Å². The second kappa shape index (κ2) is 7.77. The van der Waals surface area contributed by atoms with Crippen LogP contribution in [0.15, 0.2) is 29.2 Å². The van der Waals surface area contributed by atoms with Crippen LogP contribution in [-0.4, -0.2) is 47.0 Å². The SMILES string of the molecule is COCCCNc1ccc(S(=O)(=O)C2CCNCC2)cc1. The van der Waals surface area contributed by atoms with E-state index in [-0.39, 0.29) is 5.25 Å². The molecule has 0 saturated carbocycles. The summed E-state index contributed by atoms with van der Waals surface area (Å²) in [6.45, 7) is 3.09. The number of hydrogen-bond donors (Lipinski definition) is 2. The van der Waals surface area contributed by atoms with Crippen molar-refractivity contribution in [2.24, 2.45) is 0 Å². The second-order valence-electron chi connectivity index (χ2n) is 5.29. The van der Waals surface area contributed by atoms with Crippen LogP contribution >= 0.6 is 0 Å². The van der Waals surface area contributed by atoms with E-state index in [2.05, 4.69) is 10.6 Å². The standard InChI is InChI=1S/C15H24N2O3S/c1-20-12-2-9-17-13-3-5-14(6-4-13)21(18,19)15-7-10-16-11-8-15/h3-6,15-17H,2,7-12H2,1H3. The lowest BCUT2D eigenvalue weighted by Gasteiger charge is -2.22. The third-order valence-electron chi connectivity index (χ3n) is 3.76. The highest BCUT2D eigenvalue weighted by molar-refractivity contribution is 7.92. The van der Waals surface area contributed by atoms with E-state index in [1.54, 1.807) is 19.2 Å². The molecule has 1 aliphatic heterocycles. The van der Waals surface area contributed by atoms with Crippen LogP contribution in [0.4, 0.5) is 5.69 Å². The predicted octanol–water partition coefficient (Wildman–Crippen LogP) is 1.66. The minimum absolute atomic E-state index is 0.251. The Hall–Kier alpha value is -1.11. The fraction of sp³-hybridized carbons (Fsp3) is 0.600. The fourth-order valence-electron chi connectivity index (χ4n) is 2.51. The van der Waals surface area contributed by atoms with Gasteiger partial charge in [0.15, 0.2) is 9.84 Å². The number of hydrogen-bond acceptors (Lipinski definition) is 5. The molecule has 0 bridgehead atoms. The number of piperidine rings is 1. The van der Waals surface area contributed by atoms with Crippen molar-refractivity contribution in [3.63, 3.8) is 0 Å². The van der Waals surface area contributed by atoms with Crippen LogP contribution in [0.1, 0.15) is 19.3 Å². The predicted molar refractivity (Wildman–Crippen MR) is 84.5 cm³/mol. The van der Waals surface area contributed by atoms with Gasteiger partial charge in [-0.2, -0.15) is 0 Å². The van der Waals surface area contributed by atoms with E-state index >= 15 is 0 Å². The van der Waals surface area contributed by atoms with Crippen molar-refractivity contribution < 1.29 is 13.2 Å². The highest BCUT2D eigenvalue weighted by Gasteiger charge is 2.28. The number of benzene rings is 1. The zero-order valence-corrected chi connectivity index (χ0v) is 13.3. The molecule has 0 spiro atoms. The molecule has 0 amide bonds. The third kappa shape index (κ3) is 4.43. The monoisotopic (exact) mass is 312 g/mol. The van der Waals surface area contributed by atoms with Gasteiger partial charge in [-0.1, -0.05) is 0 Å². The van der Waals surface area contributed by atoms with E-state index in [1.165, 1.54) is 0 Å². The minimum Gasteiger partial charge on any atom is -0.385 e.